The Kier molecular flexibility index (Phi) is 3.16. The van der Waals surface area contributed by atoms with Gasteiger partial charge in [-0.1, -0.05) is 15.9 Å². The summed E-state index contributed by atoms with van der Waals surface area (Å²) in [7, 11) is 0. The van der Waals surface area contributed by atoms with E-state index in [4.69, 9.17) is 10.5 Å². The molecule has 0 unspecified atom stereocenters. The zero-order chi connectivity index (χ0) is 10.7. The molecule has 0 saturated carbocycles. The second-order valence-electron chi connectivity index (χ2n) is 3.53. The van der Waals surface area contributed by atoms with E-state index in [1.165, 1.54) is 0 Å². The molecular formula is C11H13BrN2O. The van der Waals surface area contributed by atoms with Crippen molar-refractivity contribution < 1.29 is 4.74 Å². The van der Waals surface area contributed by atoms with Crippen molar-refractivity contribution in [1.29, 1.82) is 0 Å². The first-order valence-corrected chi connectivity index (χ1v) is 5.63. The number of hydrogen-bond acceptors (Lipinski definition) is 3. The van der Waals surface area contributed by atoms with E-state index in [0.717, 1.165) is 22.6 Å². The molecule has 3 nitrogen and oxygen atoms in total. The topological polar surface area (TPSA) is 47.3 Å². The van der Waals surface area contributed by atoms with Crippen molar-refractivity contribution in [2.75, 3.05) is 13.2 Å². The van der Waals surface area contributed by atoms with Crippen LogP contribution in [-0.4, -0.2) is 13.2 Å². The molecule has 0 fully saturated rings. The predicted octanol–water partition coefficient (Wildman–Crippen LogP) is 1.85. The van der Waals surface area contributed by atoms with Gasteiger partial charge in [-0.05, 0) is 30.3 Å². The summed E-state index contributed by atoms with van der Waals surface area (Å²) in [6, 6.07) is 7.82. The molecule has 0 spiro atoms. The van der Waals surface area contributed by atoms with Crippen LogP contribution in [-0.2, 0) is 0 Å². The zero-order valence-electron chi connectivity index (χ0n) is 8.24. The second kappa shape index (κ2) is 4.57. The monoisotopic (exact) mass is 268 g/mol. The van der Waals surface area contributed by atoms with E-state index in [1.54, 1.807) is 0 Å². The minimum absolute atomic E-state index is 0.369. The van der Waals surface area contributed by atoms with Crippen LogP contribution in [0.25, 0.3) is 0 Å². The summed E-state index contributed by atoms with van der Waals surface area (Å²) in [4.78, 5) is 0. The van der Waals surface area contributed by atoms with Gasteiger partial charge in [0.2, 0.25) is 0 Å². The summed E-state index contributed by atoms with van der Waals surface area (Å²) in [5.41, 5.74) is 5.60. The molecule has 0 bridgehead atoms. The number of benzene rings is 1. The Hall–Kier alpha value is -1.16. The molecule has 80 valence electrons. The minimum atomic E-state index is 0.369. The van der Waals surface area contributed by atoms with Crippen LogP contribution in [0.3, 0.4) is 0 Å². The Balaban J connectivity index is 1.86. The van der Waals surface area contributed by atoms with Crippen molar-refractivity contribution in [3.8, 4) is 5.75 Å². The molecule has 0 amide bonds. The van der Waals surface area contributed by atoms with Crippen LogP contribution in [0.2, 0.25) is 0 Å². The van der Waals surface area contributed by atoms with Crippen LogP contribution in [0.1, 0.15) is 0 Å². The zero-order valence-corrected chi connectivity index (χ0v) is 9.83. The smallest absolute Gasteiger partial charge is 0.119 e. The van der Waals surface area contributed by atoms with Gasteiger partial charge >= 0.3 is 0 Å². The molecule has 1 heterocycles. The fraction of sp³-hybridized carbons (Fsp3) is 0.273. The van der Waals surface area contributed by atoms with Gasteiger partial charge in [-0.3, -0.25) is 0 Å². The lowest BCUT2D eigenvalue weighted by molar-refractivity contribution is 0.280. The first-order valence-electron chi connectivity index (χ1n) is 4.83. The molecule has 1 aliphatic rings. The fourth-order valence-electron chi connectivity index (χ4n) is 1.46. The lowest BCUT2D eigenvalue weighted by Gasteiger charge is -2.09. The molecule has 1 atom stereocenters. The number of hydrogen-bond donors (Lipinski definition) is 2. The standard InChI is InChI=1S/C11H13BrN2O/c12-9-1-3-10(4-2-9)15-7-8-5-11(13)14-6-8/h1-5,8,14H,6-7,13H2/t8-/m0/s1. The number of nitrogens with two attached hydrogens (primary N) is 1. The van der Waals surface area contributed by atoms with E-state index in [-0.39, 0.29) is 0 Å². The highest BCUT2D eigenvalue weighted by Gasteiger charge is 2.13. The maximum absolute atomic E-state index is 5.63. The first kappa shape index (κ1) is 10.4. The predicted molar refractivity (Wildman–Crippen MR) is 63.4 cm³/mol. The Morgan fingerprint density at radius 3 is 2.73 bits per heavy atom. The van der Waals surface area contributed by atoms with Crippen molar-refractivity contribution in [2.45, 2.75) is 0 Å². The minimum Gasteiger partial charge on any atom is -0.493 e. The molecule has 1 aromatic rings. The summed E-state index contributed by atoms with van der Waals surface area (Å²) in [5.74, 6) is 2.00. The normalized spacial score (nSPS) is 19.5. The summed E-state index contributed by atoms with van der Waals surface area (Å²) in [6.07, 6.45) is 2.00. The van der Waals surface area contributed by atoms with Crippen LogP contribution < -0.4 is 15.8 Å². The van der Waals surface area contributed by atoms with Gasteiger partial charge in [-0.15, -0.1) is 0 Å². The molecule has 1 aliphatic heterocycles. The van der Waals surface area contributed by atoms with Gasteiger partial charge in [-0.2, -0.15) is 0 Å². The molecule has 15 heavy (non-hydrogen) atoms. The molecule has 0 saturated heterocycles. The summed E-state index contributed by atoms with van der Waals surface area (Å²) in [6.45, 7) is 1.53. The highest BCUT2D eigenvalue weighted by atomic mass is 79.9. The van der Waals surface area contributed by atoms with E-state index >= 15 is 0 Å². The second-order valence-corrected chi connectivity index (χ2v) is 4.44. The van der Waals surface area contributed by atoms with Crippen LogP contribution in [0.4, 0.5) is 0 Å². The van der Waals surface area contributed by atoms with Crippen molar-refractivity contribution in [2.24, 2.45) is 11.7 Å². The van der Waals surface area contributed by atoms with Crippen molar-refractivity contribution in [3.63, 3.8) is 0 Å². The van der Waals surface area contributed by atoms with E-state index in [9.17, 15) is 0 Å². The van der Waals surface area contributed by atoms with Gasteiger partial charge in [-0.25, -0.2) is 0 Å². The molecule has 0 radical (unpaired) electrons. The highest BCUT2D eigenvalue weighted by Crippen LogP contribution is 2.17. The number of nitrogens with one attached hydrogen (secondary N) is 1. The quantitative estimate of drug-likeness (QED) is 0.880. The van der Waals surface area contributed by atoms with E-state index in [2.05, 4.69) is 21.2 Å². The van der Waals surface area contributed by atoms with Crippen molar-refractivity contribution >= 4 is 15.9 Å². The van der Waals surface area contributed by atoms with Crippen LogP contribution >= 0.6 is 15.9 Å². The Morgan fingerprint density at radius 1 is 1.40 bits per heavy atom. The average Bonchev–Trinajstić information content (AvgIpc) is 2.64. The number of halogens is 1. The third-order valence-electron chi connectivity index (χ3n) is 2.26. The van der Waals surface area contributed by atoms with Gasteiger partial charge in [0, 0.05) is 16.9 Å². The number of rotatable bonds is 3. The molecule has 0 aliphatic carbocycles. The molecule has 4 heteroatoms. The van der Waals surface area contributed by atoms with Crippen molar-refractivity contribution in [1.82, 2.24) is 5.32 Å². The van der Waals surface area contributed by atoms with E-state index < -0.39 is 0 Å². The third-order valence-corrected chi connectivity index (χ3v) is 2.79. The van der Waals surface area contributed by atoms with Gasteiger partial charge in [0.15, 0.2) is 0 Å². The van der Waals surface area contributed by atoms with E-state index in [0.29, 0.717) is 12.5 Å². The highest BCUT2D eigenvalue weighted by molar-refractivity contribution is 9.10. The molecular weight excluding hydrogens is 256 g/mol. The molecule has 1 aromatic carbocycles. The lowest BCUT2D eigenvalue weighted by atomic mass is 10.2. The van der Waals surface area contributed by atoms with Gasteiger partial charge in [0.25, 0.3) is 0 Å². The lowest BCUT2D eigenvalue weighted by Crippen LogP contribution is -2.19. The van der Waals surface area contributed by atoms with E-state index in [1.807, 2.05) is 30.3 Å². The van der Waals surface area contributed by atoms with Crippen LogP contribution in [0.5, 0.6) is 5.75 Å². The summed E-state index contributed by atoms with van der Waals surface area (Å²) in [5, 5.41) is 3.07. The Labute approximate surface area is 97.4 Å². The fourth-order valence-corrected chi connectivity index (χ4v) is 1.73. The maximum atomic E-state index is 5.63. The Bertz CT molecular complexity index is 361. The van der Waals surface area contributed by atoms with Crippen molar-refractivity contribution in [3.05, 3.63) is 40.6 Å². The third kappa shape index (κ3) is 2.89. The summed E-state index contributed by atoms with van der Waals surface area (Å²) < 4.78 is 6.69. The van der Waals surface area contributed by atoms with Gasteiger partial charge in [0.05, 0.1) is 12.4 Å². The SMILES string of the molecule is NC1=C[C@H](COc2ccc(Br)cc2)CN1. The maximum Gasteiger partial charge on any atom is 0.119 e. The first-order chi connectivity index (χ1) is 7.24. The van der Waals surface area contributed by atoms with Gasteiger partial charge in [0.1, 0.15) is 5.75 Å². The average molecular weight is 269 g/mol. The molecule has 2 rings (SSSR count). The molecule has 0 aromatic heterocycles. The summed E-state index contributed by atoms with van der Waals surface area (Å²) >= 11 is 3.38. The molecule has 3 N–H and O–H groups in total. The largest absolute Gasteiger partial charge is 0.493 e. The Morgan fingerprint density at radius 2 is 2.13 bits per heavy atom. The van der Waals surface area contributed by atoms with Crippen LogP contribution in [0.15, 0.2) is 40.6 Å². The number of ether oxygens (including phenoxy) is 1. The van der Waals surface area contributed by atoms with Crippen LogP contribution in [0, 0.1) is 5.92 Å². The van der Waals surface area contributed by atoms with Gasteiger partial charge < -0.3 is 15.8 Å².